The van der Waals surface area contributed by atoms with E-state index in [0.717, 1.165) is 10.4 Å². The lowest BCUT2D eigenvalue weighted by Crippen LogP contribution is -2.44. The van der Waals surface area contributed by atoms with Crippen molar-refractivity contribution in [2.24, 2.45) is 0 Å². The van der Waals surface area contributed by atoms with Gasteiger partial charge in [-0.25, -0.2) is 4.79 Å². The van der Waals surface area contributed by atoms with Gasteiger partial charge >= 0.3 is 5.97 Å². The van der Waals surface area contributed by atoms with Crippen molar-refractivity contribution >= 4 is 40.6 Å². The van der Waals surface area contributed by atoms with Gasteiger partial charge in [-0.3, -0.25) is 9.59 Å². The van der Waals surface area contributed by atoms with Crippen LogP contribution in [0.3, 0.4) is 0 Å². The van der Waals surface area contributed by atoms with Gasteiger partial charge in [-0.05, 0) is 52.9 Å². The second-order valence-corrected chi connectivity index (χ2v) is 8.65. The monoisotopic (exact) mass is 439 g/mol. The summed E-state index contributed by atoms with van der Waals surface area (Å²) in [5.41, 5.74) is 2.04. The topological polar surface area (TPSA) is 74.7 Å². The largest absolute Gasteiger partial charge is 0.478 e. The number of carboxylic acids is 1. The number of aromatic carboxylic acids is 1. The number of hydrogen-bond donors (Lipinski definition) is 1. The molecule has 7 heteroatoms. The van der Waals surface area contributed by atoms with Crippen LogP contribution >= 0.6 is 22.9 Å². The Balaban J connectivity index is 1.72. The number of nitrogens with zero attached hydrogens (tertiary/aromatic N) is 1. The molecule has 0 saturated heterocycles. The molecule has 0 fully saturated rings. The molecule has 1 aliphatic rings. The van der Waals surface area contributed by atoms with Gasteiger partial charge in [-0.15, -0.1) is 11.3 Å². The van der Waals surface area contributed by atoms with Gasteiger partial charge in [0, 0.05) is 34.8 Å². The third-order valence-electron chi connectivity index (χ3n) is 5.20. The average molecular weight is 440 g/mol. The molecule has 0 aliphatic carbocycles. The van der Waals surface area contributed by atoms with Crippen LogP contribution in [0, 0.1) is 0 Å². The number of halogens is 1. The summed E-state index contributed by atoms with van der Waals surface area (Å²) in [6.45, 7) is 0.211. The van der Waals surface area contributed by atoms with Crippen LogP contribution in [0.25, 0.3) is 0 Å². The number of carbonyl (C=O) groups excluding carboxylic acids is 2. The zero-order valence-corrected chi connectivity index (χ0v) is 17.4. The highest BCUT2D eigenvalue weighted by molar-refractivity contribution is 7.09. The van der Waals surface area contributed by atoms with Crippen molar-refractivity contribution in [2.45, 2.75) is 25.4 Å². The molecule has 3 aromatic rings. The molecule has 0 saturated carbocycles. The highest BCUT2D eigenvalue weighted by Crippen LogP contribution is 2.27. The van der Waals surface area contributed by atoms with E-state index in [-0.39, 0.29) is 30.2 Å². The van der Waals surface area contributed by atoms with E-state index in [4.69, 9.17) is 16.7 Å². The van der Waals surface area contributed by atoms with Crippen LogP contribution in [0.2, 0.25) is 5.02 Å². The van der Waals surface area contributed by atoms with Gasteiger partial charge in [0.25, 0.3) is 5.91 Å². The van der Waals surface area contributed by atoms with Crippen LogP contribution in [0.1, 0.15) is 36.7 Å². The number of thiophene rings is 1. The number of fused-ring (bicyclic) bond motifs is 1. The maximum Gasteiger partial charge on any atom is 0.335 e. The van der Waals surface area contributed by atoms with Gasteiger partial charge in [-0.2, -0.15) is 0 Å². The van der Waals surface area contributed by atoms with Crippen LogP contribution in [0.5, 0.6) is 0 Å². The lowest BCUT2D eigenvalue weighted by molar-refractivity contribution is -0.122. The number of carboxylic acid groups (broad SMARTS) is 1. The van der Waals surface area contributed by atoms with E-state index in [1.165, 1.54) is 12.1 Å². The highest BCUT2D eigenvalue weighted by atomic mass is 35.5. The molecular formula is C23H18ClNO4S. The second kappa shape index (κ2) is 8.42. The number of Topliss-reactive ketones (excluding diaryl/α,β-unsaturated/α-hetero) is 1. The second-order valence-electron chi connectivity index (χ2n) is 7.18. The van der Waals surface area contributed by atoms with Gasteiger partial charge in [0.1, 0.15) is 0 Å². The Kier molecular flexibility index (Phi) is 5.70. The number of rotatable bonds is 5. The molecule has 0 unspecified atom stereocenters. The summed E-state index contributed by atoms with van der Waals surface area (Å²) in [5, 5.41) is 11.5. The van der Waals surface area contributed by atoms with Crippen molar-refractivity contribution in [2.75, 3.05) is 0 Å². The predicted octanol–water partition coefficient (Wildman–Crippen LogP) is 4.48. The van der Waals surface area contributed by atoms with Gasteiger partial charge in [0.2, 0.25) is 0 Å². The first kappa shape index (κ1) is 20.3. The standard InChI is InChI=1S/C23H18ClNO4S/c24-17-7-8-19-16(10-17)11-21(26)20(12-18-2-1-9-30-18)25(22(19)27)13-14-3-5-15(6-4-14)23(28)29/h1-10,20H,11-13H2,(H,28,29)/t20-/m1/s1. The summed E-state index contributed by atoms with van der Waals surface area (Å²) in [4.78, 5) is 40.4. The van der Waals surface area contributed by atoms with E-state index in [9.17, 15) is 14.4 Å². The SMILES string of the molecule is O=C(O)c1ccc(CN2C(=O)c3ccc(Cl)cc3CC(=O)[C@H]2Cc2cccs2)cc1. The minimum absolute atomic E-state index is 0.0417. The molecule has 1 N–H and O–H groups in total. The molecular weight excluding hydrogens is 422 g/mol. The Bertz CT molecular complexity index is 1110. The molecule has 1 aliphatic heterocycles. The molecule has 1 atom stereocenters. The lowest BCUT2D eigenvalue weighted by atomic mass is 10.00. The van der Waals surface area contributed by atoms with Crippen molar-refractivity contribution in [1.82, 2.24) is 4.90 Å². The van der Waals surface area contributed by atoms with Crippen LogP contribution in [0.4, 0.5) is 0 Å². The minimum atomic E-state index is -1.01. The Morgan fingerprint density at radius 1 is 1.13 bits per heavy atom. The molecule has 1 amide bonds. The first-order valence-corrected chi connectivity index (χ1v) is 10.6. The third-order valence-corrected chi connectivity index (χ3v) is 6.33. The fourth-order valence-corrected chi connectivity index (χ4v) is 4.61. The Hall–Kier alpha value is -2.96. The van der Waals surface area contributed by atoms with Crippen LogP contribution < -0.4 is 0 Å². The smallest absolute Gasteiger partial charge is 0.335 e. The summed E-state index contributed by atoms with van der Waals surface area (Å²) in [6, 6.07) is 14.6. The first-order chi connectivity index (χ1) is 14.4. The number of ketones is 1. The van der Waals surface area contributed by atoms with E-state index >= 15 is 0 Å². The average Bonchev–Trinajstić information content (AvgIpc) is 3.21. The zero-order valence-electron chi connectivity index (χ0n) is 15.9. The zero-order chi connectivity index (χ0) is 21.3. The quantitative estimate of drug-likeness (QED) is 0.636. The Morgan fingerprint density at radius 2 is 1.90 bits per heavy atom. The molecule has 1 aromatic heterocycles. The summed E-state index contributed by atoms with van der Waals surface area (Å²) < 4.78 is 0. The molecule has 0 bridgehead atoms. The summed E-state index contributed by atoms with van der Waals surface area (Å²) in [7, 11) is 0. The summed E-state index contributed by atoms with van der Waals surface area (Å²) >= 11 is 7.65. The molecule has 152 valence electrons. The van der Waals surface area contributed by atoms with Crippen molar-refractivity contribution in [3.63, 3.8) is 0 Å². The van der Waals surface area contributed by atoms with Gasteiger partial charge in [0.15, 0.2) is 5.78 Å². The third kappa shape index (κ3) is 4.15. The molecule has 5 nitrogen and oxygen atoms in total. The predicted molar refractivity (Wildman–Crippen MR) is 115 cm³/mol. The van der Waals surface area contributed by atoms with Crippen LogP contribution in [-0.2, 0) is 24.2 Å². The molecule has 30 heavy (non-hydrogen) atoms. The van der Waals surface area contributed by atoms with E-state index in [1.54, 1.807) is 46.6 Å². The first-order valence-electron chi connectivity index (χ1n) is 9.39. The normalized spacial score (nSPS) is 16.3. The van der Waals surface area contributed by atoms with Crippen LogP contribution in [-0.4, -0.2) is 33.7 Å². The number of carbonyl (C=O) groups is 3. The Labute approximate surface area is 182 Å². The van der Waals surface area contributed by atoms with Crippen molar-refractivity contribution in [3.05, 3.63) is 92.1 Å². The van der Waals surface area contributed by atoms with E-state index in [1.807, 2.05) is 17.5 Å². The fraction of sp³-hybridized carbons (Fsp3) is 0.174. The lowest BCUT2D eigenvalue weighted by Gasteiger charge is -2.29. The van der Waals surface area contributed by atoms with Crippen molar-refractivity contribution < 1.29 is 19.5 Å². The van der Waals surface area contributed by atoms with Crippen molar-refractivity contribution in [1.29, 1.82) is 0 Å². The van der Waals surface area contributed by atoms with E-state index in [2.05, 4.69) is 0 Å². The van der Waals surface area contributed by atoms with E-state index < -0.39 is 12.0 Å². The minimum Gasteiger partial charge on any atom is -0.478 e. The number of benzene rings is 2. The Morgan fingerprint density at radius 3 is 2.57 bits per heavy atom. The molecule has 0 radical (unpaired) electrons. The van der Waals surface area contributed by atoms with Gasteiger partial charge in [0.05, 0.1) is 11.6 Å². The molecule has 4 rings (SSSR count). The summed E-state index contributed by atoms with van der Waals surface area (Å²) in [6.07, 6.45) is 0.587. The maximum atomic E-state index is 13.5. The van der Waals surface area contributed by atoms with Crippen molar-refractivity contribution in [3.8, 4) is 0 Å². The fourth-order valence-electron chi connectivity index (χ4n) is 3.67. The van der Waals surface area contributed by atoms with Crippen LogP contribution in [0.15, 0.2) is 60.0 Å². The highest BCUT2D eigenvalue weighted by Gasteiger charge is 2.35. The maximum absolute atomic E-state index is 13.5. The van der Waals surface area contributed by atoms with Gasteiger partial charge in [-0.1, -0.05) is 29.8 Å². The summed E-state index contributed by atoms with van der Waals surface area (Å²) in [5.74, 6) is -1.28. The molecule has 2 aromatic carbocycles. The molecule has 2 heterocycles. The van der Waals surface area contributed by atoms with Gasteiger partial charge < -0.3 is 10.0 Å². The van der Waals surface area contributed by atoms with E-state index in [0.29, 0.717) is 22.6 Å². The number of amides is 1. The molecule has 0 spiro atoms. The number of hydrogen-bond acceptors (Lipinski definition) is 4.